The quantitative estimate of drug-likeness (QED) is 0.174. The fourth-order valence-electron chi connectivity index (χ4n) is 3.22. The molecule has 30 heavy (non-hydrogen) atoms. The molecule has 0 unspecified atom stereocenters. The molecule has 1 aromatic heterocycles. The number of pyridine rings is 1. The number of ether oxygens (including phenoxy) is 1. The van der Waals surface area contributed by atoms with Gasteiger partial charge in [0.2, 0.25) is 0 Å². The smallest absolute Gasteiger partial charge is 0.287 e. The number of aromatic nitrogens is 1. The summed E-state index contributed by atoms with van der Waals surface area (Å²) < 4.78 is 7.06. The number of nitro groups is 1. The first-order chi connectivity index (χ1) is 14.5. The number of aliphatic hydroxyl groups is 1. The maximum atomic E-state index is 11.3. The topological polar surface area (TPSA) is 91.8 Å². The Morgan fingerprint density at radius 3 is 2.67 bits per heavy atom. The first-order valence-electron chi connectivity index (χ1n) is 9.71. The average molecular weight is 430 g/mol. The molecule has 0 amide bonds. The molecule has 1 saturated heterocycles. The number of benzene rings is 1. The Bertz CT molecular complexity index is 943. The third-order valence-corrected chi connectivity index (χ3v) is 5.25. The standard InChI is InChI=1S/C21H24N4O4S/c1-16-5-6-17(15-18(16)25(27)28)20(26)19(24-8-3-2-4-9-24)21(30)22-7-10-23-11-13-29-14-12-23/h2-6,8-9,15H,7,10-14H2,1H3,(H-,22,26,30)/p+1. The number of hydrogen-bond acceptors (Lipinski definition) is 6. The highest BCUT2D eigenvalue weighted by Gasteiger charge is 2.25. The van der Waals surface area contributed by atoms with Gasteiger partial charge >= 0.3 is 0 Å². The highest BCUT2D eigenvalue weighted by molar-refractivity contribution is 7.81. The van der Waals surface area contributed by atoms with Gasteiger partial charge in [0, 0.05) is 55.5 Å². The molecule has 1 aliphatic heterocycles. The van der Waals surface area contributed by atoms with Crippen LogP contribution in [0.2, 0.25) is 0 Å². The number of hydrogen-bond donors (Lipinski definition) is 2. The van der Waals surface area contributed by atoms with Gasteiger partial charge in [-0.05, 0) is 6.92 Å². The Morgan fingerprint density at radius 1 is 1.30 bits per heavy atom. The fraction of sp³-hybridized carbons (Fsp3) is 0.333. The number of aliphatic hydroxyl groups excluding tert-OH is 1. The summed E-state index contributed by atoms with van der Waals surface area (Å²) in [6.45, 7) is 6.27. The van der Waals surface area contributed by atoms with E-state index < -0.39 is 4.92 Å². The van der Waals surface area contributed by atoms with E-state index in [0.29, 0.717) is 28.4 Å². The van der Waals surface area contributed by atoms with Crippen molar-refractivity contribution in [2.75, 3.05) is 39.4 Å². The number of rotatable bonds is 7. The summed E-state index contributed by atoms with van der Waals surface area (Å²) in [7, 11) is 0. The van der Waals surface area contributed by atoms with Gasteiger partial charge in [-0.15, -0.1) is 0 Å². The maximum Gasteiger partial charge on any atom is 0.287 e. The van der Waals surface area contributed by atoms with Crippen LogP contribution < -0.4 is 9.88 Å². The maximum absolute atomic E-state index is 11.3. The SMILES string of the molecule is Cc1ccc(C(O)=C(C(=S)NCCN2CCOCC2)[n+]2ccccc2)cc1[N+](=O)[O-]. The van der Waals surface area contributed by atoms with Crippen molar-refractivity contribution in [3.63, 3.8) is 0 Å². The first kappa shape index (κ1) is 21.8. The van der Waals surface area contributed by atoms with Crippen LogP contribution in [0.25, 0.3) is 11.5 Å². The monoisotopic (exact) mass is 429 g/mol. The molecule has 0 radical (unpaired) electrons. The molecule has 158 valence electrons. The summed E-state index contributed by atoms with van der Waals surface area (Å²) in [4.78, 5) is 13.5. The van der Waals surface area contributed by atoms with E-state index in [1.165, 1.54) is 6.07 Å². The second-order valence-electron chi connectivity index (χ2n) is 6.95. The molecule has 3 rings (SSSR count). The van der Waals surface area contributed by atoms with Gasteiger partial charge in [-0.1, -0.05) is 30.4 Å². The Labute approximate surface area is 180 Å². The van der Waals surface area contributed by atoms with Crippen molar-refractivity contribution in [1.82, 2.24) is 10.2 Å². The lowest BCUT2D eigenvalue weighted by atomic mass is 10.1. The summed E-state index contributed by atoms with van der Waals surface area (Å²) in [5, 5.41) is 25.5. The van der Waals surface area contributed by atoms with E-state index in [0.717, 1.165) is 32.8 Å². The highest BCUT2D eigenvalue weighted by Crippen LogP contribution is 2.25. The van der Waals surface area contributed by atoms with Crippen LogP contribution in [-0.4, -0.2) is 59.3 Å². The summed E-state index contributed by atoms with van der Waals surface area (Å²) in [5.41, 5.74) is 1.17. The lowest BCUT2D eigenvalue weighted by molar-refractivity contribution is -0.576. The molecule has 1 fully saturated rings. The summed E-state index contributed by atoms with van der Waals surface area (Å²) in [6, 6.07) is 10.1. The lowest BCUT2D eigenvalue weighted by Crippen LogP contribution is -2.44. The molecule has 2 N–H and O–H groups in total. The van der Waals surface area contributed by atoms with E-state index in [-0.39, 0.29) is 11.4 Å². The van der Waals surface area contributed by atoms with Gasteiger partial charge in [-0.2, -0.15) is 4.57 Å². The summed E-state index contributed by atoms with van der Waals surface area (Å²) in [6.07, 6.45) is 3.54. The van der Waals surface area contributed by atoms with E-state index in [1.54, 1.807) is 36.0 Å². The third kappa shape index (κ3) is 5.38. The van der Waals surface area contributed by atoms with Gasteiger partial charge in [-0.3, -0.25) is 15.0 Å². The number of thiocarbonyl (C=S) groups is 1. The highest BCUT2D eigenvalue weighted by atomic mass is 32.1. The third-order valence-electron chi connectivity index (χ3n) is 4.91. The van der Waals surface area contributed by atoms with Gasteiger partial charge in [0.25, 0.3) is 11.4 Å². The van der Waals surface area contributed by atoms with Crippen LogP contribution in [0.5, 0.6) is 0 Å². The number of nitro benzene ring substituents is 1. The second-order valence-corrected chi connectivity index (χ2v) is 7.36. The van der Waals surface area contributed by atoms with Gasteiger partial charge in [0.15, 0.2) is 23.1 Å². The molecule has 1 aromatic carbocycles. The van der Waals surface area contributed by atoms with Crippen molar-refractivity contribution in [2.24, 2.45) is 0 Å². The van der Waals surface area contributed by atoms with E-state index in [4.69, 9.17) is 17.0 Å². The van der Waals surface area contributed by atoms with Gasteiger partial charge in [-0.25, -0.2) is 0 Å². The molecule has 2 heterocycles. The predicted octanol–water partition coefficient (Wildman–Crippen LogP) is 2.32. The molecule has 9 heteroatoms. The Kier molecular flexibility index (Phi) is 7.45. The fourth-order valence-corrected chi connectivity index (χ4v) is 3.53. The second kappa shape index (κ2) is 10.2. The molecular weight excluding hydrogens is 404 g/mol. The summed E-state index contributed by atoms with van der Waals surface area (Å²) in [5.74, 6) is -0.127. The minimum absolute atomic E-state index is 0.0531. The van der Waals surface area contributed by atoms with Crippen LogP contribution >= 0.6 is 12.2 Å². The van der Waals surface area contributed by atoms with Crippen LogP contribution in [0.3, 0.4) is 0 Å². The predicted molar refractivity (Wildman–Crippen MR) is 118 cm³/mol. The Morgan fingerprint density at radius 2 is 2.00 bits per heavy atom. The van der Waals surface area contributed by atoms with Crippen LogP contribution in [0.1, 0.15) is 11.1 Å². The Balaban J connectivity index is 1.87. The van der Waals surface area contributed by atoms with Crippen LogP contribution in [0.15, 0.2) is 48.8 Å². The minimum Gasteiger partial charge on any atom is -0.502 e. The zero-order chi connectivity index (χ0) is 21.5. The molecule has 2 aromatic rings. The van der Waals surface area contributed by atoms with E-state index in [2.05, 4.69) is 10.2 Å². The van der Waals surface area contributed by atoms with Crippen molar-refractivity contribution >= 4 is 34.3 Å². The van der Waals surface area contributed by atoms with E-state index >= 15 is 0 Å². The zero-order valence-corrected chi connectivity index (χ0v) is 17.6. The largest absolute Gasteiger partial charge is 0.502 e. The van der Waals surface area contributed by atoms with E-state index in [9.17, 15) is 15.2 Å². The number of aryl methyl sites for hydroxylation is 1. The van der Waals surface area contributed by atoms with Crippen molar-refractivity contribution in [1.29, 1.82) is 0 Å². The molecule has 0 aliphatic carbocycles. The van der Waals surface area contributed by atoms with Crippen molar-refractivity contribution in [3.05, 3.63) is 70.0 Å². The molecule has 0 bridgehead atoms. The van der Waals surface area contributed by atoms with Crippen LogP contribution in [0, 0.1) is 17.0 Å². The number of nitrogens with one attached hydrogen (secondary N) is 1. The lowest BCUT2D eigenvalue weighted by Gasteiger charge is -2.26. The van der Waals surface area contributed by atoms with Crippen molar-refractivity contribution in [2.45, 2.75) is 6.92 Å². The van der Waals surface area contributed by atoms with Crippen molar-refractivity contribution < 1.29 is 19.3 Å². The zero-order valence-electron chi connectivity index (χ0n) is 16.8. The molecule has 0 saturated carbocycles. The van der Waals surface area contributed by atoms with Gasteiger partial charge < -0.3 is 15.2 Å². The minimum atomic E-state index is -0.458. The molecule has 8 nitrogen and oxygen atoms in total. The average Bonchev–Trinajstić information content (AvgIpc) is 2.75. The van der Waals surface area contributed by atoms with Crippen molar-refractivity contribution in [3.8, 4) is 0 Å². The molecule has 0 atom stereocenters. The van der Waals surface area contributed by atoms with Gasteiger partial charge in [0.1, 0.15) is 0 Å². The summed E-state index contributed by atoms with van der Waals surface area (Å²) >= 11 is 5.58. The molecule has 0 spiro atoms. The normalized spacial score (nSPS) is 15.4. The number of nitrogens with zero attached hydrogens (tertiary/aromatic N) is 3. The first-order valence-corrected chi connectivity index (χ1v) is 10.1. The van der Waals surface area contributed by atoms with Crippen LogP contribution in [0.4, 0.5) is 5.69 Å². The number of morpholine rings is 1. The molecule has 1 aliphatic rings. The van der Waals surface area contributed by atoms with Crippen LogP contribution in [-0.2, 0) is 4.74 Å². The Hall–Kier alpha value is -2.88. The van der Waals surface area contributed by atoms with Gasteiger partial charge in [0.05, 0.1) is 18.1 Å². The van der Waals surface area contributed by atoms with E-state index in [1.807, 2.05) is 18.2 Å². The molecular formula is C21H25N4O4S+.